The number of aryl methyl sites for hydroxylation is 1. The highest BCUT2D eigenvalue weighted by molar-refractivity contribution is 5.86. The summed E-state index contributed by atoms with van der Waals surface area (Å²) < 4.78 is 0. The standard InChI is InChI=1S/C14H16N6/c1-8-5-4-6-10(9(8)2)18-13-11-12(17-7-16-11)19-14(15-3)20-13/h4-7H,1-3H3,(H3,15,16,17,18,19,20). The summed E-state index contributed by atoms with van der Waals surface area (Å²) in [5.41, 5.74) is 4.90. The van der Waals surface area contributed by atoms with E-state index in [4.69, 9.17) is 0 Å². The number of hydrogen-bond acceptors (Lipinski definition) is 5. The Balaban J connectivity index is 2.10. The van der Waals surface area contributed by atoms with E-state index in [-0.39, 0.29) is 0 Å². The normalized spacial score (nSPS) is 10.8. The van der Waals surface area contributed by atoms with Crippen LogP contribution in [0.2, 0.25) is 0 Å². The maximum absolute atomic E-state index is 4.45. The van der Waals surface area contributed by atoms with E-state index in [2.05, 4.69) is 50.5 Å². The lowest BCUT2D eigenvalue weighted by Gasteiger charge is -2.12. The average molecular weight is 268 g/mol. The minimum atomic E-state index is 0.539. The fraction of sp³-hybridized carbons (Fsp3) is 0.214. The van der Waals surface area contributed by atoms with E-state index < -0.39 is 0 Å². The second-order valence-corrected chi connectivity index (χ2v) is 4.62. The van der Waals surface area contributed by atoms with E-state index in [0.717, 1.165) is 11.2 Å². The van der Waals surface area contributed by atoms with Crippen LogP contribution in [0.25, 0.3) is 11.2 Å². The van der Waals surface area contributed by atoms with Crippen LogP contribution in [0.15, 0.2) is 24.5 Å². The second-order valence-electron chi connectivity index (χ2n) is 4.62. The van der Waals surface area contributed by atoms with Gasteiger partial charge in [-0.25, -0.2) is 4.98 Å². The SMILES string of the molecule is CNc1nc(Nc2cccc(C)c2C)c2[nH]cnc2n1. The van der Waals surface area contributed by atoms with Gasteiger partial charge in [0, 0.05) is 12.7 Å². The quantitative estimate of drug-likeness (QED) is 0.680. The van der Waals surface area contributed by atoms with Gasteiger partial charge >= 0.3 is 0 Å². The fourth-order valence-corrected chi connectivity index (χ4v) is 2.05. The summed E-state index contributed by atoms with van der Waals surface area (Å²) >= 11 is 0. The molecule has 2 aromatic heterocycles. The molecule has 0 aliphatic carbocycles. The summed E-state index contributed by atoms with van der Waals surface area (Å²) in [5, 5.41) is 6.30. The first kappa shape index (κ1) is 12.4. The van der Waals surface area contributed by atoms with Crippen molar-refractivity contribution in [2.75, 3.05) is 17.7 Å². The summed E-state index contributed by atoms with van der Waals surface area (Å²) in [5.74, 6) is 1.25. The molecule has 3 N–H and O–H groups in total. The van der Waals surface area contributed by atoms with E-state index in [0.29, 0.717) is 17.4 Å². The van der Waals surface area contributed by atoms with E-state index in [1.54, 1.807) is 13.4 Å². The molecule has 0 amide bonds. The maximum atomic E-state index is 4.45. The molecular weight excluding hydrogens is 252 g/mol. The molecule has 0 saturated carbocycles. The van der Waals surface area contributed by atoms with Crippen LogP contribution in [-0.4, -0.2) is 27.0 Å². The first-order valence-electron chi connectivity index (χ1n) is 6.41. The number of nitrogens with one attached hydrogen (secondary N) is 3. The molecule has 2 heterocycles. The minimum Gasteiger partial charge on any atom is -0.357 e. The van der Waals surface area contributed by atoms with E-state index in [1.807, 2.05) is 12.1 Å². The lowest BCUT2D eigenvalue weighted by Crippen LogP contribution is -2.03. The van der Waals surface area contributed by atoms with Gasteiger partial charge in [-0.3, -0.25) is 0 Å². The monoisotopic (exact) mass is 268 g/mol. The zero-order valence-electron chi connectivity index (χ0n) is 11.7. The Labute approximate surface area is 116 Å². The Morgan fingerprint density at radius 1 is 1.15 bits per heavy atom. The number of rotatable bonds is 3. The van der Waals surface area contributed by atoms with Gasteiger partial charge in [-0.1, -0.05) is 12.1 Å². The summed E-state index contributed by atoms with van der Waals surface area (Å²) in [6.07, 6.45) is 1.62. The molecule has 0 fully saturated rings. The molecule has 0 aliphatic rings. The van der Waals surface area contributed by atoms with Crippen LogP contribution in [0.4, 0.5) is 17.5 Å². The molecule has 0 bridgehead atoms. The summed E-state index contributed by atoms with van der Waals surface area (Å²) in [7, 11) is 1.79. The summed E-state index contributed by atoms with van der Waals surface area (Å²) in [6, 6.07) is 6.14. The van der Waals surface area contributed by atoms with Crippen molar-refractivity contribution in [3.63, 3.8) is 0 Å². The zero-order chi connectivity index (χ0) is 14.1. The number of nitrogens with zero attached hydrogens (tertiary/aromatic N) is 3. The van der Waals surface area contributed by atoms with Gasteiger partial charge in [0.1, 0.15) is 5.52 Å². The molecule has 0 atom stereocenters. The van der Waals surface area contributed by atoms with Crippen molar-refractivity contribution in [3.8, 4) is 0 Å². The summed E-state index contributed by atoms with van der Waals surface area (Å²) in [6.45, 7) is 4.17. The number of aromatic amines is 1. The van der Waals surface area contributed by atoms with Crippen molar-refractivity contribution in [2.24, 2.45) is 0 Å². The molecule has 0 spiro atoms. The number of fused-ring (bicyclic) bond motifs is 1. The average Bonchev–Trinajstić information content (AvgIpc) is 2.92. The fourth-order valence-electron chi connectivity index (χ4n) is 2.05. The van der Waals surface area contributed by atoms with Gasteiger partial charge in [-0.05, 0) is 31.0 Å². The lowest BCUT2D eigenvalue weighted by molar-refractivity contribution is 1.17. The zero-order valence-corrected chi connectivity index (χ0v) is 11.7. The lowest BCUT2D eigenvalue weighted by atomic mass is 10.1. The molecule has 20 heavy (non-hydrogen) atoms. The van der Waals surface area contributed by atoms with Gasteiger partial charge in [0.05, 0.1) is 6.33 Å². The van der Waals surface area contributed by atoms with Gasteiger partial charge in [-0.15, -0.1) is 0 Å². The van der Waals surface area contributed by atoms with Crippen molar-refractivity contribution >= 4 is 28.6 Å². The van der Waals surface area contributed by atoms with Crippen LogP contribution >= 0.6 is 0 Å². The molecule has 0 radical (unpaired) electrons. The molecular formula is C14H16N6. The Kier molecular flexibility index (Phi) is 2.98. The largest absolute Gasteiger partial charge is 0.357 e. The molecule has 0 unspecified atom stereocenters. The highest BCUT2D eigenvalue weighted by atomic mass is 15.2. The van der Waals surface area contributed by atoms with Crippen LogP contribution in [0.3, 0.4) is 0 Å². The van der Waals surface area contributed by atoms with Gasteiger partial charge in [0.15, 0.2) is 11.5 Å². The summed E-state index contributed by atoms with van der Waals surface area (Å²) in [4.78, 5) is 16.0. The second kappa shape index (κ2) is 4.80. The number of benzene rings is 1. The third-order valence-electron chi connectivity index (χ3n) is 3.37. The Bertz CT molecular complexity index is 761. The van der Waals surface area contributed by atoms with Crippen molar-refractivity contribution in [2.45, 2.75) is 13.8 Å². The smallest absolute Gasteiger partial charge is 0.226 e. The Hall–Kier alpha value is -2.63. The van der Waals surface area contributed by atoms with E-state index in [9.17, 15) is 0 Å². The Morgan fingerprint density at radius 2 is 2.00 bits per heavy atom. The molecule has 102 valence electrons. The third kappa shape index (κ3) is 2.05. The number of hydrogen-bond donors (Lipinski definition) is 3. The van der Waals surface area contributed by atoms with Crippen molar-refractivity contribution in [3.05, 3.63) is 35.7 Å². The maximum Gasteiger partial charge on any atom is 0.226 e. The predicted molar refractivity (Wildman–Crippen MR) is 80.4 cm³/mol. The van der Waals surface area contributed by atoms with Crippen LogP contribution in [0.1, 0.15) is 11.1 Å². The van der Waals surface area contributed by atoms with Crippen LogP contribution in [-0.2, 0) is 0 Å². The Morgan fingerprint density at radius 3 is 2.80 bits per heavy atom. The molecule has 6 nitrogen and oxygen atoms in total. The molecule has 6 heteroatoms. The van der Waals surface area contributed by atoms with E-state index in [1.165, 1.54) is 11.1 Å². The highest BCUT2D eigenvalue weighted by Crippen LogP contribution is 2.25. The molecule has 0 aliphatic heterocycles. The van der Waals surface area contributed by atoms with Crippen LogP contribution in [0, 0.1) is 13.8 Å². The first-order valence-corrected chi connectivity index (χ1v) is 6.41. The number of H-pyrrole nitrogens is 1. The minimum absolute atomic E-state index is 0.539. The highest BCUT2D eigenvalue weighted by Gasteiger charge is 2.10. The number of aromatic nitrogens is 4. The van der Waals surface area contributed by atoms with Crippen molar-refractivity contribution in [1.29, 1.82) is 0 Å². The topological polar surface area (TPSA) is 78.5 Å². The predicted octanol–water partition coefficient (Wildman–Crippen LogP) is 2.76. The molecule has 3 rings (SSSR count). The van der Waals surface area contributed by atoms with Crippen LogP contribution in [0.5, 0.6) is 0 Å². The van der Waals surface area contributed by atoms with Crippen molar-refractivity contribution < 1.29 is 0 Å². The molecule has 3 aromatic rings. The van der Waals surface area contributed by atoms with Gasteiger partial charge in [0.2, 0.25) is 5.95 Å². The van der Waals surface area contributed by atoms with Crippen molar-refractivity contribution in [1.82, 2.24) is 19.9 Å². The molecule has 1 aromatic carbocycles. The van der Waals surface area contributed by atoms with Gasteiger partial charge in [-0.2, -0.15) is 9.97 Å². The number of anilines is 3. The van der Waals surface area contributed by atoms with Gasteiger partial charge in [0.25, 0.3) is 0 Å². The third-order valence-corrected chi connectivity index (χ3v) is 3.37. The molecule has 0 saturated heterocycles. The number of imidazole rings is 1. The van der Waals surface area contributed by atoms with Gasteiger partial charge < -0.3 is 15.6 Å². The van der Waals surface area contributed by atoms with Crippen LogP contribution < -0.4 is 10.6 Å². The van der Waals surface area contributed by atoms with E-state index >= 15 is 0 Å². The first-order chi connectivity index (χ1) is 9.69.